The van der Waals surface area contributed by atoms with Gasteiger partial charge in [-0.25, -0.2) is 0 Å². The Kier molecular flexibility index (Phi) is 9.32. The molecule has 0 heterocycles. The molecule has 1 aromatic rings. The molecule has 4 heteroatoms. The highest BCUT2D eigenvalue weighted by Crippen LogP contribution is 2.23. The van der Waals surface area contributed by atoms with Crippen LogP contribution in [0, 0.1) is 0 Å². The molecule has 4 nitrogen and oxygen atoms in total. The second kappa shape index (κ2) is 11.5. The van der Waals surface area contributed by atoms with Gasteiger partial charge in [-0.3, -0.25) is 4.90 Å². The number of ether oxygens (including phenoxy) is 1. The van der Waals surface area contributed by atoms with E-state index in [0.29, 0.717) is 19.2 Å². The van der Waals surface area contributed by atoms with Crippen molar-refractivity contribution in [1.82, 2.24) is 9.80 Å². The van der Waals surface area contributed by atoms with Gasteiger partial charge in [-0.1, -0.05) is 56.5 Å². The van der Waals surface area contributed by atoms with Gasteiger partial charge in [0.2, 0.25) is 0 Å². The standard InChI is InChI=1S/C23H38N2O2/c1-5-25(15-19(2)3)16-20-11-9-10-14-23(20)27-18-22(26)17-24(4)21-12-7-6-8-13-21/h9-11,14,21-22,26H,2,5-8,12-13,15-18H2,1,3-4H3/t22-/m0/s1. The molecule has 1 atom stereocenters. The van der Waals surface area contributed by atoms with E-state index < -0.39 is 6.10 Å². The number of nitrogens with zero attached hydrogens (tertiary/aromatic N) is 2. The van der Waals surface area contributed by atoms with E-state index in [9.17, 15) is 5.11 Å². The van der Waals surface area contributed by atoms with Gasteiger partial charge in [0, 0.05) is 31.2 Å². The van der Waals surface area contributed by atoms with Crippen molar-refractivity contribution in [2.45, 2.75) is 64.6 Å². The summed E-state index contributed by atoms with van der Waals surface area (Å²) in [7, 11) is 2.13. The fourth-order valence-electron chi connectivity index (χ4n) is 3.92. The molecule has 0 unspecified atom stereocenters. The van der Waals surface area contributed by atoms with E-state index in [4.69, 9.17) is 4.74 Å². The summed E-state index contributed by atoms with van der Waals surface area (Å²) in [5, 5.41) is 10.5. The van der Waals surface area contributed by atoms with E-state index in [1.807, 2.05) is 18.2 Å². The number of hydrogen-bond acceptors (Lipinski definition) is 4. The molecule has 0 bridgehead atoms. The van der Waals surface area contributed by atoms with Crippen molar-refractivity contribution in [1.29, 1.82) is 0 Å². The van der Waals surface area contributed by atoms with Gasteiger partial charge in [-0.05, 0) is 39.4 Å². The summed E-state index contributed by atoms with van der Waals surface area (Å²) in [6, 6.07) is 8.76. The van der Waals surface area contributed by atoms with Crippen LogP contribution in [0.2, 0.25) is 0 Å². The molecule has 1 N–H and O–H groups in total. The molecule has 0 radical (unpaired) electrons. The molecular formula is C23H38N2O2. The van der Waals surface area contributed by atoms with E-state index in [2.05, 4.69) is 43.3 Å². The SMILES string of the molecule is C=C(C)CN(CC)Cc1ccccc1OC[C@@H](O)CN(C)C1CCCCC1. The summed E-state index contributed by atoms with van der Waals surface area (Å²) in [6.45, 7) is 11.9. The molecule has 0 aromatic heterocycles. The maximum atomic E-state index is 10.5. The van der Waals surface area contributed by atoms with Crippen LogP contribution in [-0.4, -0.2) is 60.3 Å². The minimum atomic E-state index is -0.470. The molecule has 1 aromatic carbocycles. The summed E-state index contributed by atoms with van der Waals surface area (Å²) in [6.07, 6.45) is 6.01. The van der Waals surface area contributed by atoms with Gasteiger partial charge in [-0.2, -0.15) is 0 Å². The minimum Gasteiger partial charge on any atom is -0.491 e. The maximum absolute atomic E-state index is 10.5. The highest BCUT2D eigenvalue weighted by Gasteiger charge is 2.20. The van der Waals surface area contributed by atoms with Gasteiger partial charge in [0.15, 0.2) is 0 Å². The fraction of sp³-hybridized carbons (Fsp3) is 0.652. The Morgan fingerprint density at radius 2 is 1.96 bits per heavy atom. The average Bonchev–Trinajstić information content (AvgIpc) is 2.67. The Morgan fingerprint density at radius 1 is 1.26 bits per heavy atom. The molecule has 1 aliphatic carbocycles. The van der Waals surface area contributed by atoms with Crippen molar-refractivity contribution in [2.75, 3.05) is 33.3 Å². The lowest BCUT2D eigenvalue weighted by Crippen LogP contribution is -2.40. The van der Waals surface area contributed by atoms with Crippen LogP contribution in [0.15, 0.2) is 36.4 Å². The van der Waals surface area contributed by atoms with Crippen LogP contribution in [0.5, 0.6) is 5.75 Å². The van der Waals surface area contributed by atoms with Gasteiger partial charge in [0.25, 0.3) is 0 Å². The Labute approximate surface area is 165 Å². The Balaban J connectivity index is 1.86. The average molecular weight is 375 g/mol. The molecule has 1 saturated carbocycles. The van der Waals surface area contributed by atoms with Crippen LogP contribution in [0.3, 0.4) is 0 Å². The zero-order chi connectivity index (χ0) is 19.6. The summed E-state index contributed by atoms with van der Waals surface area (Å²) in [4.78, 5) is 4.66. The lowest BCUT2D eigenvalue weighted by atomic mass is 9.94. The number of hydrogen-bond donors (Lipinski definition) is 1. The van der Waals surface area contributed by atoms with Gasteiger partial charge < -0.3 is 14.7 Å². The highest BCUT2D eigenvalue weighted by atomic mass is 16.5. The number of para-hydroxylation sites is 1. The smallest absolute Gasteiger partial charge is 0.123 e. The van der Waals surface area contributed by atoms with Crippen molar-refractivity contribution in [3.63, 3.8) is 0 Å². The number of aliphatic hydroxyl groups is 1. The third-order valence-corrected chi connectivity index (χ3v) is 5.44. The second-order valence-corrected chi connectivity index (χ2v) is 8.06. The predicted molar refractivity (Wildman–Crippen MR) is 113 cm³/mol. The Bertz CT molecular complexity index is 569. The van der Waals surface area contributed by atoms with Crippen LogP contribution < -0.4 is 4.74 Å². The Morgan fingerprint density at radius 3 is 2.63 bits per heavy atom. The number of benzene rings is 1. The van der Waals surface area contributed by atoms with Crippen molar-refractivity contribution in [3.05, 3.63) is 42.0 Å². The molecule has 0 amide bonds. The zero-order valence-corrected chi connectivity index (χ0v) is 17.5. The van der Waals surface area contributed by atoms with E-state index >= 15 is 0 Å². The number of aliphatic hydroxyl groups excluding tert-OH is 1. The molecule has 2 rings (SSSR count). The van der Waals surface area contributed by atoms with Crippen molar-refractivity contribution >= 4 is 0 Å². The molecule has 0 aliphatic heterocycles. The van der Waals surface area contributed by atoms with Crippen LogP contribution in [0.25, 0.3) is 0 Å². The highest BCUT2D eigenvalue weighted by molar-refractivity contribution is 5.33. The third kappa shape index (κ3) is 7.65. The van der Waals surface area contributed by atoms with Gasteiger partial charge in [0.1, 0.15) is 18.5 Å². The lowest BCUT2D eigenvalue weighted by Gasteiger charge is -2.32. The lowest BCUT2D eigenvalue weighted by molar-refractivity contribution is 0.0556. The molecule has 1 aliphatic rings. The van der Waals surface area contributed by atoms with E-state index in [0.717, 1.165) is 36.5 Å². The quantitative estimate of drug-likeness (QED) is 0.592. The second-order valence-electron chi connectivity index (χ2n) is 8.06. The molecule has 152 valence electrons. The van der Waals surface area contributed by atoms with Crippen LogP contribution >= 0.6 is 0 Å². The first-order chi connectivity index (χ1) is 13.0. The monoisotopic (exact) mass is 374 g/mol. The summed E-state index contributed by atoms with van der Waals surface area (Å²) in [5.41, 5.74) is 2.32. The first-order valence-electron chi connectivity index (χ1n) is 10.4. The predicted octanol–water partition coefficient (Wildman–Crippen LogP) is 4.09. The summed E-state index contributed by atoms with van der Waals surface area (Å²) >= 11 is 0. The van der Waals surface area contributed by atoms with Crippen molar-refractivity contribution in [3.8, 4) is 5.75 Å². The van der Waals surface area contributed by atoms with Crippen LogP contribution in [0.1, 0.15) is 51.5 Å². The molecule has 0 saturated heterocycles. The molecular weight excluding hydrogens is 336 g/mol. The van der Waals surface area contributed by atoms with Gasteiger partial charge in [0.05, 0.1) is 0 Å². The largest absolute Gasteiger partial charge is 0.491 e. The maximum Gasteiger partial charge on any atom is 0.123 e. The summed E-state index contributed by atoms with van der Waals surface area (Å²) < 4.78 is 6.01. The van der Waals surface area contributed by atoms with E-state index in [1.165, 1.54) is 32.1 Å². The van der Waals surface area contributed by atoms with Crippen LogP contribution in [-0.2, 0) is 6.54 Å². The Hall–Kier alpha value is -1.36. The fourth-order valence-corrected chi connectivity index (χ4v) is 3.92. The molecule has 0 spiro atoms. The third-order valence-electron chi connectivity index (χ3n) is 5.44. The van der Waals surface area contributed by atoms with Gasteiger partial charge in [-0.15, -0.1) is 0 Å². The molecule has 1 fully saturated rings. The van der Waals surface area contributed by atoms with E-state index in [-0.39, 0.29) is 0 Å². The minimum absolute atomic E-state index is 0.334. The van der Waals surface area contributed by atoms with Crippen molar-refractivity contribution in [2.24, 2.45) is 0 Å². The number of rotatable bonds is 11. The van der Waals surface area contributed by atoms with Crippen LogP contribution in [0.4, 0.5) is 0 Å². The number of likely N-dealkylation sites (N-methyl/N-ethyl adjacent to an activating group) is 2. The van der Waals surface area contributed by atoms with E-state index in [1.54, 1.807) is 0 Å². The zero-order valence-electron chi connectivity index (χ0n) is 17.5. The van der Waals surface area contributed by atoms with Gasteiger partial charge >= 0.3 is 0 Å². The first-order valence-corrected chi connectivity index (χ1v) is 10.4. The summed E-state index contributed by atoms with van der Waals surface area (Å²) in [5.74, 6) is 0.872. The van der Waals surface area contributed by atoms with Crippen molar-refractivity contribution < 1.29 is 9.84 Å². The topological polar surface area (TPSA) is 35.9 Å². The first kappa shape index (κ1) is 21.9. The molecule has 27 heavy (non-hydrogen) atoms. The normalized spacial score (nSPS) is 16.7.